The third kappa shape index (κ3) is 3.08. The van der Waals surface area contributed by atoms with Gasteiger partial charge in [-0.05, 0) is 35.7 Å². The number of nitrogens with zero attached hydrogens (tertiary/aromatic N) is 1. The van der Waals surface area contributed by atoms with Crippen LogP contribution in [0.3, 0.4) is 0 Å². The number of hydrogen-bond donors (Lipinski definition) is 1. The summed E-state index contributed by atoms with van der Waals surface area (Å²) < 4.78 is 32.4. The van der Waals surface area contributed by atoms with E-state index in [1.807, 2.05) is 6.07 Å². The first-order valence-corrected chi connectivity index (χ1v) is 7.90. The molecular weight excluding hydrogens is 310 g/mol. The van der Waals surface area contributed by atoms with E-state index in [-0.39, 0.29) is 16.9 Å². The summed E-state index contributed by atoms with van der Waals surface area (Å²) in [6, 6.07) is 11.8. The molecule has 2 aromatic carbocycles. The molecule has 1 N–H and O–H groups in total. The van der Waals surface area contributed by atoms with E-state index in [1.165, 1.54) is 6.07 Å². The Bertz CT molecular complexity index is 838. The smallest absolute Gasteiger partial charge is 0.282 e. The van der Waals surface area contributed by atoms with Crippen molar-refractivity contribution in [1.82, 2.24) is 0 Å². The van der Waals surface area contributed by atoms with Crippen LogP contribution in [0.1, 0.15) is 11.1 Å². The normalized spacial score (nSPS) is 11.1. The Balaban J connectivity index is 2.89. The summed E-state index contributed by atoms with van der Waals surface area (Å²) in [6.07, 6.45) is -0.142. The molecule has 6 heteroatoms. The van der Waals surface area contributed by atoms with Gasteiger partial charge in [0.1, 0.15) is 0 Å². The van der Waals surface area contributed by atoms with E-state index < -0.39 is 10.1 Å². The minimum Gasteiger partial charge on any atom is -0.282 e. The highest BCUT2D eigenvalue weighted by molar-refractivity contribution is 7.85. The molecule has 0 aromatic heterocycles. The second kappa shape index (κ2) is 5.86. The van der Waals surface area contributed by atoms with E-state index in [0.29, 0.717) is 16.1 Å². The molecule has 2 rings (SSSR count). The van der Waals surface area contributed by atoms with Crippen LogP contribution in [0.5, 0.6) is 0 Å². The van der Waals surface area contributed by atoms with Gasteiger partial charge in [-0.15, -0.1) is 0 Å². The van der Waals surface area contributed by atoms with Gasteiger partial charge in [-0.2, -0.15) is 13.7 Å². The SMILES string of the molecule is Cc1ccc(S(=O)(=O)O)c(CC#N)c1-c1ccccc1Cl. The summed E-state index contributed by atoms with van der Waals surface area (Å²) in [5.41, 5.74) is 2.23. The predicted octanol–water partition coefficient (Wildman–Crippen LogP) is 3.63. The lowest BCUT2D eigenvalue weighted by Gasteiger charge is -2.15. The molecule has 0 amide bonds. The van der Waals surface area contributed by atoms with Gasteiger partial charge in [0, 0.05) is 10.6 Å². The quantitative estimate of drug-likeness (QED) is 0.876. The summed E-state index contributed by atoms with van der Waals surface area (Å²) in [4.78, 5) is -0.260. The number of rotatable bonds is 3. The standard InChI is InChI=1S/C15H12ClNO3S/c1-10-6-7-14(21(18,19)20)12(8-9-17)15(10)11-4-2-3-5-13(11)16/h2-7H,8H2,1H3,(H,18,19,20). The van der Waals surface area contributed by atoms with Gasteiger partial charge in [-0.25, -0.2) is 0 Å². The maximum atomic E-state index is 11.5. The van der Waals surface area contributed by atoms with Crippen LogP contribution in [0.15, 0.2) is 41.3 Å². The Morgan fingerprint density at radius 3 is 2.48 bits per heavy atom. The van der Waals surface area contributed by atoms with Crippen molar-refractivity contribution in [3.05, 3.63) is 52.5 Å². The predicted molar refractivity (Wildman–Crippen MR) is 80.8 cm³/mol. The van der Waals surface area contributed by atoms with Crippen molar-refractivity contribution in [2.75, 3.05) is 0 Å². The molecule has 4 nitrogen and oxygen atoms in total. The van der Waals surface area contributed by atoms with Crippen molar-refractivity contribution >= 4 is 21.7 Å². The maximum Gasteiger partial charge on any atom is 0.294 e. The third-order valence-electron chi connectivity index (χ3n) is 3.16. The largest absolute Gasteiger partial charge is 0.294 e. The number of aryl methyl sites for hydroxylation is 1. The van der Waals surface area contributed by atoms with E-state index in [9.17, 15) is 13.0 Å². The Labute approximate surface area is 128 Å². The van der Waals surface area contributed by atoms with Gasteiger partial charge in [0.25, 0.3) is 10.1 Å². The van der Waals surface area contributed by atoms with Crippen molar-refractivity contribution in [3.63, 3.8) is 0 Å². The summed E-state index contributed by atoms with van der Waals surface area (Å²) in [5.74, 6) is 0. The molecule has 0 radical (unpaired) electrons. The molecule has 0 unspecified atom stereocenters. The molecule has 0 saturated carbocycles. The lowest BCUT2D eigenvalue weighted by Crippen LogP contribution is -2.06. The van der Waals surface area contributed by atoms with E-state index in [2.05, 4.69) is 0 Å². The molecule has 21 heavy (non-hydrogen) atoms. The maximum absolute atomic E-state index is 11.5. The lowest BCUT2D eigenvalue weighted by atomic mass is 9.93. The van der Waals surface area contributed by atoms with E-state index in [0.717, 1.165) is 5.56 Å². The monoisotopic (exact) mass is 321 g/mol. The minimum absolute atomic E-state index is 0.142. The molecular formula is C15H12ClNO3S. The highest BCUT2D eigenvalue weighted by Crippen LogP contribution is 2.36. The molecule has 0 saturated heterocycles. The van der Waals surface area contributed by atoms with E-state index in [1.54, 1.807) is 37.3 Å². The first kappa shape index (κ1) is 15.5. The van der Waals surface area contributed by atoms with Crippen LogP contribution >= 0.6 is 11.6 Å². The molecule has 0 aliphatic heterocycles. The molecule has 0 atom stereocenters. The second-order valence-corrected chi connectivity index (χ2v) is 6.32. The average molecular weight is 322 g/mol. The number of nitriles is 1. The Kier molecular flexibility index (Phi) is 4.33. The number of halogens is 1. The van der Waals surface area contributed by atoms with Gasteiger partial charge in [0.05, 0.1) is 17.4 Å². The van der Waals surface area contributed by atoms with Gasteiger partial charge in [-0.3, -0.25) is 4.55 Å². The fraction of sp³-hybridized carbons (Fsp3) is 0.133. The summed E-state index contributed by atoms with van der Waals surface area (Å²) in [7, 11) is -4.41. The fourth-order valence-electron chi connectivity index (χ4n) is 2.28. The molecule has 108 valence electrons. The van der Waals surface area contributed by atoms with Crippen molar-refractivity contribution in [3.8, 4) is 17.2 Å². The molecule has 0 aliphatic carbocycles. The van der Waals surface area contributed by atoms with Crippen LogP contribution in [0.2, 0.25) is 5.02 Å². The van der Waals surface area contributed by atoms with Gasteiger partial charge in [0.2, 0.25) is 0 Å². The second-order valence-electron chi connectivity index (χ2n) is 4.52. The first-order chi connectivity index (χ1) is 9.86. The van der Waals surface area contributed by atoms with E-state index >= 15 is 0 Å². The molecule has 0 fully saturated rings. The van der Waals surface area contributed by atoms with Gasteiger partial charge in [-0.1, -0.05) is 35.9 Å². The Morgan fingerprint density at radius 2 is 1.90 bits per heavy atom. The Morgan fingerprint density at radius 1 is 1.24 bits per heavy atom. The highest BCUT2D eigenvalue weighted by Gasteiger charge is 2.21. The van der Waals surface area contributed by atoms with Crippen molar-refractivity contribution < 1.29 is 13.0 Å². The highest BCUT2D eigenvalue weighted by atomic mass is 35.5. The number of benzene rings is 2. The van der Waals surface area contributed by atoms with Crippen LogP contribution in [0.4, 0.5) is 0 Å². The Hall–Kier alpha value is -1.87. The zero-order chi connectivity index (χ0) is 15.6. The van der Waals surface area contributed by atoms with Gasteiger partial charge < -0.3 is 0 Å². The third-order valence-corrected chi connectivity index (χ3v) is 4.42. The van der Waals surface area contributed by atoms with Crippen molar-refractivity contribution in [2.24, 2.45) is 0 Å². The topological polar surface area (TPSA) is 78.2 Å². The van der Waals surface area contributed by atoms with Crippen LogP contribution in [-0.4, -0.2) is 13.0 Å². The fourth-order valence-corrected chi connectivity index (χ4v) is 3.24. The zero-order valence-electron chi connectivity index (χ0n) is 11.2. The average Bonchev–Trinajstić information content (AvgIpc) is 2.39. The lowest BCUT2D eigenvalue weighted by molar-refractivity contribution is 0.482. The number of hydrogen-bond acceptors (Lipinski definition) is 3. The molecule has 0 bridgehead atoms. The minimum atomic E-state index is -4.41. The van der Waals surface area contributed by atoms with Crippen molar-refractivity contribution in [2.45, 2.75) is 18.2 Å². The van der Waals surface area contributed by atoms with Crippen LogP contribution in [0.25, 0.3) is 11.1 Å². The molecule has 0 spiro atoms. The summed E-state index contributed by atoms with van der Waals surface area (Å²) in [5, 5.41) is 9.43. The van der Waals surface area contributed by atoms with Crippen LogP contribution in [-0.2, 0) is 16.5 Å². The molecule has 2 aromatic rings. The molecule has 0 heterocycles. The zero-order valence-corrected chi connectivity index (χ0v) is 12.7. The van der Waals surface area contributed by atoms with Crippen LogP contribution in [0, 0.1) is 18.3 Å². The van der Waals surface area contributed by atoms with Crippen LogP contribution < -0.4 is 0 Å². The van der Waals surface area contributed by atoms with E-state index in [4.69, 9.17) is 16.9 Å². The van der Waals surface area contributed by atoms with Gasteiger partial charge in [0.15, 0.2) is 0 Å². The van der Waals surface area contributed by atoms with Gasteiger partial charge >= 0.3 is 0 Å². The van der Waals surface area contributed by atoms with Crippen molar-refractivity contribution in [1.29, 1.82) is 5.26 Å². The molecule has 0 aliphatic rings. The summed E-state index contributed by atoms with van der Waals surface area (Å²) >= 11 is 6.17. The first-order valence-electron chi connectivity index (χ1n) is 6.08. The summed E-state index contributed by atoms with van der Waals surface area (Å²) in [6.45, 7) is 1.80.